The van der Waals surface area contributed by atoms with Gasteiger partial charge in [-0.3, -0.25) is 19.9 Å². The van der Waals surface area contributed by atoms with Gasteiger partial charge in [0.2, 0.25) is 0 Å². The van der Waals surface area contributed by atoms with Gasteiger partial charge in [-0.15, -0.1) is 0 Å². The Morgan fingerprint density at radius 3 is 1.18 bits per heavy atom. The summed E-state index contributed by atoms with van der Waals surface area (Å²) >= 11 is 0. The fraction of sp³-hybridized carbons (Fsp3) is 0.0345. The Morgan fingerprint density at radius 2 is 0.842 bits per heavy atom. The van der Waals surface area contributed by atoms with E-state index in [1.165, 1.54) is 12.1 Å². The van der Waals surface area contributed by atoms with E-state index >= 15 is 0 Å². The molecule has 0 aliphatic carbocycles. The van der Waals surface area contributed by atoms with Crippen LogP contribution in [0.1, 0.15) is 0 Å². The first-order valence-electron chi connectivity index (χ1n) is 11.0. The van der Waals surface area contributed by atoms with Crippen molar-refractivity contribution in [3.05, 3.63) is 122 Å². The van der Waals surface area contributed by atoms with E-state index in [1.54, 1.807) is 36.9 Å². The Morgan fingerprint density at radius 1 is 0.474 bits per heavy atom. The Hall–Kier alpha value is -4.43. The fourth-order valence-corrected chi connectivity index (χ4v) is 3.18. The third kappa shape index (κ3) is 8.90. The number of pyridine rings is 4. The van der Waals surface area contributed by atoms with E-state index < -0.39 is 0 Å². The summed E-state index contributed by atoms with van der Waals surface area (Å²) in [5, 5.41) is 31.0. The quantitative estimate of drug-likeness (QED) is 0.306. The van der Waals surface area contributed by atoms with Gasteiger partial charge in [-0.05, 0) is 47.2 Å². The van der Waals surface area contributed by atoms with Gasteiger partial charge in [-0.2, -0.15) is 0 Å². The number of nitrogens with zero attached hydrogens (tertiary/aromatic N) is 4. The molecule has 0 saturated carbocycles. The molecule has 0 aliphatic heterocycles. The van der Waals surface area contributed by atoms with Crippen molar-refractivity contribution in [3.63, 3.8) is 0 Å². The van der Waals surface area contributed by atoms with Crippen LogP contribution in [0.3, 0.4) is 0 Å². The van der Waals surface area contributed by atoms with Gasteiger partial charge in [0.05, 0.1) is 22.4 Å². The number of para-hydroxylation sites is 2. The molecule has 0 radical (unpaired) electrons. The van der Waals surface area contributed by atoms with Gasteiger partial charge in [-0.25, -0.2) is 0 Å². The normalized spacial score (nSPS) is 9.11. The number of rotatable bonds is 1. The number of hydrogen-bond donors (Lipinski definition) is 1. The van der Waals surface area contributed by atoms with E-state index in [-0.39, 0.29) is 33.5 Å². The summed E-state index contributed by atoms with van der Waals surface area (Å²) in [4.78, 5) is 16.3. The first kappa shape index (κ1) is 31.6. The number of aromatic nitrogens is 4. The minimum Gasteiger partial charge on any atom is -0.871 e. The van der Waals surface area contributed by atoms with Crippen molar-refractivity contribution in [2.45, 2.75) is 0 Å². The number of fused-ring (bicyclic) bond motifs is 2. The van der Waals surface area contributed by atoms with Crippen molar-refractivity contribution in [3.8, 4) is 22.9 Å². The van der Waals surface area contributed by atoms with Gasteiger partial charge in [-0.1, -0.05) is 72.2 Å². The van der Waals surface area contributed by atoms with E-state index in [0.717, 1.165) is 29.3 Å². The van der Waals surface area contributed by atoms with Gasteiger partial charge >= 0.3 is 16.5 Å². The van der Waals surface area contributed by atoms with Gasteiger partial charge in [0.15, 0.2) is 0 Å². The van der Waals surface area contributed by atoms with Crippen LogP contribution in [-0.2, 0) is 16.5 Å². The van der Waals surface area contributed by atoms with Gasteiger partial charge in [0.1, 0.15) is 0 Å². The first-order chi connectivity index (χ1) is 17.7. The summed E-state index contributed by atoms with van der Waals surface area (Å²) in [6.07, 6.45) is 6.79. The molecule has 6 aromatic rings. The van der Waals surface area contributed by atoms with E-state index in [9.17, 15) is 10.2 Å². The van der Waals surface area contributed by atoms with Crippen molar-refractivity contribution >= 4 is 21.8 Å². The van der Waals surface area contributed by atoms with Crippen LogP contribution in [0, 0.1) is 0 Å². The van der Waals surface area contributed by atoms with Crippen LogP contribution in [0.2, 0.25) is 0 Å². The van der Waals surface area contributed by atoms with Crippen LogP contribution in [0.4, 0.5) is 0 Å². The molecule has 3 N–H and O–H groups in total. The number of aliphatic hydroxyl groups excluding tert-OH is 1. The van der Waals surface area contributed by atoms with Crippen molar-refractivity contribution in [1.29, 1.82) is 0 Å². The fourth-order valence-electron chi connectivity index (χ4n) is 3.18. The van der Waals surface area contributed by atoms with Gasteiger partial charge in [0, 0.05) is 31.9 Å². The van der Waals surface area contributed by atoms with Gasteiger partial charge < -0.3 is 20.8 Å². The monoisotopic (exact) mass is 552 g/mol. The standard InChI is InChI=1S/C10H8N2.2C9H7NO.CH4O.Ni.H2O/c1-3-7-11-9(5-1)10-6-2-4-8-12-10;2*11-8-5-1-3-7-4-2-6-10-9(7)8;1-2;;/h1-8H;2*1-6,11H;2H,1H3;;1H2/q;;;;+2;/p-2. The largest absolute Gasteiger partial charge is 2.00 e. The molecule has 0 amide bonds. The average Bonchev–Trinajstić information content (AvgIpc) is 2.96. The molecule has 4 heterocycles. The Balaban J connectivity index is 0.000000269. The molecule has 0 fully saturated rings. The molecule has 0 unspecified atom stereocenters. The molecule has 0 aliphatic rings. The zero-order chi connectivity index (χ0) is 25.6. The zero-order valence-electron chi connectivity index (χ0n) is 20.4. The van der Waals surface area contributed by atoms with Crippen LogP contribution in [0.25, 0.3) is 33.2 Å². The summed E-state index contributed by atoms with van der Waals surface area (Å²) in [5.41, 5.74) is 2.93. The van der Waals surface area contributed by atoms with Crippen molar-refractivity contribution < 1.29 is 37.3 Å². The molecule has 9 heteroatoms. The maximum Gasteiger partial charge on any atom is 2.00 e. The Labute approximate surface area is 230 Å². The molecule has 38 heavy (non-hydrogen) atoms. The predicted octanol–water partition coefficient (Wildman–Crippen LogP) is 3.54. The van der Waals surface area contributed by atoms with E-state index in [4.69, 9.17) is 5.11 Å². The minimum atomic E-state index is -0.0110. The van der Waals surface area contributed by atoms with Crippen LogP contribution in [0.5, 0.6) is 11.5 Å². The SMILES string of the molecule is CO.O.[Ni+2].[O-]c1cccc2cccnc12.[O-]c1cccc2cccnc12.c1ccc(-c2ccccn2)nc1. The zero-order valence-corrected chi connectivity index (χ0v) is 21.4. The molecule has 0 atom stereocenters. The Kier molecular flexibility index (Phi) is 14.2. The third-order valence-corrected chi connectivity index (χ3v) is 4.78. The summed E-state index contributed by atoms with van der Waals surface area (Å²) in [7, 11) is 1.00. The average molecular weight is 553 g/mol. The Bertz CT molecular complexity index is 1360. The molecular formula is C29H26N4NiO4. The number of aliphatic hydroxyl groups is 1. The maximum absolute atomic E-state index is 11.1. The van der Waals surface area contributed by atoms with Gasteiger partial charge in [0.25, 0.3) is 0 Å². The van der Waals surface area contributed by atoms with Crippen molar-refractivity contribution in [2.75, 3.05) is 7.11 Å². The first-order valence-corrected chi connectivity index (χ1v) is 11.0. The summed E-state index contributed by atoms with van der Waals surface area (Å²) < 4.78 is 0. The van der Waals surface area contributed by atoms with E-state index in [2.05, 4.69) is 19.9 Å². The number of hydrogen-bond acceptors (Lipinski definition) is 7. The molecule has 8 nitrogen and oxygen atoms in total. The summed E-state index contributed by atoms with van der Waals surface area (Å²) in [6, 6.07) is 29.3. The van der Waals surface area contributed by atoms with Crippen LogP contribution in [0.15, 0.2) is 122 Å². The van der Waals surface area contributed by atoms with Crippen LogP contribution in [-0.4, -0.2) is 37.6 Å². The smallest absolute Gasteiger partial charge is 0.871 e. The molecule has 0 spiro atoms. The predicted molar refractivity (Wildman–Crippen MR) is 142 cm³/mol. The van der Waals surface area contributed by atoms with Crippen molar-refractivity contribution in [2.24, 2.45) is 0 Å². The minimum absolute atomic E-state index is 0. The summed E-state index contributed by atoms with van der Waals surface area (Å²) in [5.74, 6) is -0.0220. The van der Waals surface area contributed by atoms with Crippen LogP contribution >= 0.6 is 0 Å². The van der Waals surface area contributed by atoms with Crippen molar-refractivity contribution in [1.82, 2.24) is 19.9 Å². The molecule has 0 bridgehead atoms. The molecular weight excluding hydrogens is 527 g/mol. The molecule has 196 valence electrons. The second kappa shape index (κ2) is 17.1. The molecule has 6 rings (SSSR count). The molecule has 4 aromatic heterocycles. The van der Waals surface area contributed by atoms with Crippen LogP contribution < -0.4 is 10.2 Å². The third-order valence-electron chi connectivity index (χ3n) is 4.78. The second-order valence-corrected chi connectivity index (χ2v) is 7.09. The van der Waals surface area contributed by atoms with E-state index in [0.29, 0.717) is 11.0 Å². The number of benzene rings is 2. The maximum atomic E-state index is 11.1. The molecule has 2 aromatic carbocycles. The second-order valence-electron chi connectivity index (χ2n) is 7.09. The summed E-state index contributed by atoms with van der Waals surface area (Å²) in [6.45, 7) is 0. The molecule has 0 saturated heterocycles. The van der Waals surface area contributed by atoms with E-state index in [1.807, 2.05) is 72.8 Å². The topological polar surface area (TPSA) is 149 Å².